The van der Waals surface area contributed by atoms with Crippen molar-refractivity contribution in [3.8, 4) is 0 Å². The van der Waals surface area contributed by atoms with Crippen LogP contribution in [0.4, 0.5) is 0 Å². The van der Waals surface area contributed by atoms with Crippen LogP contribution in [0.1, 0.15) is 189 Å². The topological polar surface area (TPSA) is 154 Å². The summed E-state index contributed by atoms with van der Waals surface area (Å²) in [6.07, 6.45) is 20.1. The summed E-state index contributed by atoms with van der Waals surface area (Å²) >= 11 is 0. The van der Waals surface area contributed by atoms with Crippen molar-refractivity contribution in [2.24, 2.45) is 92.7 Å². The molecule has 9 heteroatoms. The molecule has 9 nitrogen and oxygen atoms in total. The number of aliphatic hydroxyl groups is 3. The van der Waals surface area contributed by atoms with Crippen molar-refractivity contribution < 1.29 is 39.2 Å². The Morgan fingerprint density at radius 2 is 0.984 bits per heavy atom. The Bertz CT molecular complexity index is 1650. The summed E-state index contributed by atoms with van der Waals surface area (Å²) in [5.74, 6) is 4.69. The van der Waals surface area contributed by atoms with Gasteiger partial charge in [0.15, 0.2) is 12.0 Å². The highest BCUT2D eigenvalue weighted by Gasteiger charge is 2.62. The Morgan fingerprint density at radius 1 is 0.574 bits per heavy atom. The first kappa shape index (κ1) is 45.7. The highest BCUT2D eigenvalue weighted by atomic mass is 16.6. The predicted octanol–water partition coefficient (Wildman–Crippen LogP) is 10.2. The highest BCUT2D eigenvalue weighted by Crippen LogP contribution is 2.70. The largest absolute Gasteiger partial charge is 0.412 e. The maximum atomic E-state index is 12.9. The number of carbonyl (C=O) groups is 3. The van der Waals surface area contributed by atoms with Gasteiger partial charge in [0.05, 0.1) is 18.6 Å². The van der Waals surface area contributed by atoms with E-state index in [0.717, 1.165) is 68.1 Å². The molecule has 1 unspecified atom stereocenters. The van der Waals surface area contributed by atoms with Crippen molar-refractivity contribution in [1.82, 2.24) is 0 Å². The molecule has 0 aromatic carbocycles. The van der Waals surface area contributed by atoms with Crippen LogP contribution < -0.4 is 0 Å². The fraction of sp³-hybridized carbons (Fsp3) is 0.923. The number of hydrogen-bond acceptors (Lipinski definition) is 9. The van der Waals surface area contributed by atoms with E-state index in [1.807, 2.05) is 0 Å². The van der Waals surface area contributed by atoms with Crippen LogP contribution >= 0.6 is 0 Å². The highest BCUT2D eigenvalue weighted by molar-refractivity contribution is 5.93. The molecule has 0 aromatic rings. The third-order valence-corrected chi connectivity index (χ3v) is 21.5. The molecule has 4 N–H and O–H groups in total. The van der Waals surface area contributed by atoms with Crippen LogP contribution in [0.15, 0.2) is 0 Å². The molecule has 0 amide bonds. The smallest absolute Gasteiger partial charge is 0.343 e. The molecule has 344 valence electrons. The molecule has 19 atom stereocenters. The lowest BCUT2D eigenvalue weighted by Gasteiger charge is -2.61. The molecule has 61 heavy (non-hydrogen) atoms. The van der Waals surface area contributed by atoms with Crippen molar-refractivity contribution in [1.29, 1.82) is 5.41 Å². The van der Waals surface area contributed by atoms with E-state index in [2.05, 4.69) is 41.5 Å². The van der Waals surface area contributed by atoms with Crippen LogP contribution in [-0.2, 0) is 23.9 Å². The van der Waals surface area contributed by atoms with Gasteiger partial charge in [0, 0.05) is 12.8 Å². The van der Waals surface area contributed by atoms with Gasteiger partial charge in [-0.05, 0) is 221 Å². The van der Waals surface area contributed by atoms with Gasteiger partial charge in [-0.3, -0.25) is 15.0 Å². The van der Waals surface area contributed by atoms with Gasteiger partial charge < -0.3 is 24.8 Å². The van der Waals surface area contributed by atoms with Gasteiger partial charge in [0.1, 0.15) is 0 Å². The number of fused-ring (bicyclic) bond motifs is 10. The molecule has 8 saturated carbocycles. The first-order valence-corrected chi connectivity index (χ1v) is 25.4. The van der Waals surface area contributed by atoms with Crippen molar-refractivity contribution in [3.05, 3.63) is 0 Å². The summed E-state index contributed by atoms with van der Waals surface area (Å²) in [5, 5.41) is 39.6. The average Bonchev–Trinajstić information content (AvgIpc) is 3.76. The zero-order chi connectivity index (χ0) is 43.6. The molecule has 0 heterocycles. The molecule has 0 saturated heterocycles. The molecule has 8 aliphatic carbocycles. The van der Waals surface area contributed by atoms with Crippen molar-refractivity contribution in [3.63, 3.8) is 0 Å². The van der Waals surface area contributed by atoms with Gasteiger partial charge >= 0.3 is 17.9 Å². The molecule has 8 aliphatic rings. The first-order chi connectivity index (χ1) is 28.9. The van der Waals surface area contributed by atoms with E-state index in [1.54, 1.807) is 0 Å². The normalized spacial score (nSPS) is 46.6. The van der Waals surface area contributed by atoms with Gasteiger partial charge in [0.2, 0.25) is 0 Å². The standard InChI is InChI=1S/C52H83NO8/c1-30(38-13-15-40-36-11-9-32-27-34(54)19-23-49(32,3)42(36)21-25-51(38,40)5)7-17-46(57)60-45(53)29-44(56)48(59)61-47(58)18-8-31(2)39-14-16-41-37-12-10-33-28-35(55)20-24-50(33,4)43(37)22-26-52(39,41)6/h30-44,53-56H,7-29H2,1-6H3/t30-,31-,32-,33-,34-,35-,36+,37+,38-,39-,40+,41+,42+,43+,44?,49+,50+,51-,52-/m1/s1. The minimum atomic E-state index is -1.75. The van der Waals surface area contributed by atoms with E-state index in [-0.39, 0.29) is 35.9 Å². The summed E-state index contributed by atoms with van der Waals surface area (Å²) in [5.41, 5.74) is 1.23. The maximum absolute atomic E-state index is 12.9. The Balaban J connectivity index is 0.743. The number of hydrogen-bond donors (Lipinski definition) is 4. The monoisotopic (exact) mass is 850 g/mol. The van der Waals surface area contributed by atoms with Crippen LogP contribution in [0.25, 0.3) is 0 Å². The predicted molar refractivity (Wildman–Crippen MR) is 235 cm³/mol. The van der Waals surface area contributed by atoms with Gasteiger partial charge in [-0.2, -0.15) is 0 Å². The number of aliphatic hydroxyl groups excluding tert-OH is 3. The molecular weight excluding hydrogens is 767 g/mol. The van der Waals surface area contributed by atoms with Crippen LogP contribution in [-0.4, -0.2) is 57.4 Å². The van der Waals surface area contributed by atoms with E-state index in [1.165, 1.54) is 77.0 Å². The SMILES string of the molecule is C[C@H](CCC(=O)OC(=N)CC(O)C(=O)OC(=O)CC[C@@H](C)[C@H]1CC[C@H]2[C@@H]3CC[C@@H]4C[C@H](O)CC[C@]4(C)[C@H]3CC[C@]12C)[C@H]1CC[C@H]2[C@@H]3CC[C@@H]4C[C@H](O)CC[C@]4(C)[C@H]3CC[C@]12C. The van der Waals surface area contributed by atoms with Crippen LogP contribution in [0.2, 0.25) is 0 Å². The van der Waals surface area contributed by atoms with Gasteiger partial charge in [-0.25, -0.2) is 4.79 Å². The summed E-state index contributed by atoms with van der Waals surface area (Å²) in [4.78, 5) is 38.5. The second-order valence-electron chi connectivity index (χ2n) is 24.1. The van der Waals surface area contributed by atoms with Crippen molar-refractivity contribution in [2.45, 2.75) is 208 Å². The third-order valence-electron chi connectivity index (χ3n) is 21.5. The lowest BCUT2D eigenvalue weighted by atomic mass is 9.44. The zero-order valence-corrected chi connectivity index (χ0v) is 38.8. The number of nitrogens with one attached hydrogen (secondary N) is 1. The van der Waals surface area contributed by atoms with E-state index in [4.69, 9.17) is 14.9 Å². The summed E-state index contributed by atoms with van der Waals surface area (Å²) < 4.78 is 10.3. The van der Waals surface area contributed by atoms with Gasteiger partial charge in [0.25, 0.3) is 0 Å². The fourth-order valence-corrected chi connectivity index (χ4v) is 18.2. The quantitative estimate of drug-likeness (QED) is 0.0694. The Hall–Kier alpha value is -1.84. The fourth-order valence-electron chi connectivity index (χ4n) is 18.2. The summed E-state index contributed by atoms with van der Waals surface area (Å²) in [6, 6.07) is 0. The molecular formula is C52H83NO8. The molecule has 0 aromatic heterocycles. The second kappa shape index (κ2) is 17.5. The molecule has 0 spiro atoms. The number of ether oxygens (including phenoxy) is 2. The third kappa shape index (κ3) is 8.36. The van der Waals surface area contributed by atoms with Crippen molar-refractivity contribution >= 4 is 23.8 Å². The minimum Gasteiger partial charge on any atom is -0.412 e. The van der Waals surface area contributed by atoms with Crippen molar-refractivity contribution in [2.75, 3.05) is 0 Å². The van der Waals surface area contributed by atoms with Crippen LogP contribution in [0, 0.1) is 98.1 Å². The molecule has 8 fully saturated rings. The molecule has 0 aliphatic heterocycles. The lowest BCUT2D eigenvalue weighted by Crippen LogP contribution is -2.54. The van der Waals surface area contributed by atoms with Gasteiger partial charge in [-0.15, -0.1) is 0 Å². The van der Waals surface area contributed by atoms with Crippen LogP contribution in [0.5, 0.6) is 0 Å². The Morgan fingerprint density at radius 3 is 1.44 bits per heavy atom. The first-order valence-electron chi connectivity index (χ1n) is 25.4. The molecule has 8 rings (SSSR count). The Kier molecular flexibility index (Phi) is 13.1. The van der Waals surface area contributed by atoms with Crippen LogP contribution in [0.3, 0.4) is 0 Å². The Labute approximate surface area is 367 Å². The summed E-state index contributed by atoms with van der Waals surface area (Å²) in [7, 11) is 0. The van der Waals surface area contributed by atoms with E-state index in [9.17, 15) is 29.7 Å². The average molecular weight is 850 g/mol. The van der Waals surface area contributed by atoms with E-state index < -0.39 is 36.3 Å². The maximum Gasteiger partial charge on any atom is 0.343 e. The minimum absolute atomic E-state index is 0.0997. The zero-order valence-electron chi connectivity index (χ0n) is 38.8. The van der Waals surface area contributed by atoms with E-state index >= 15 is 0 Å². The summed E-state index contributed by atoms with van der Waals surface area (Å²) in [6.45, 7) is 14.6. The van der Waals surface area contributed by atoms with E-state index in [0.29, 0.717) is 65.1 Å². The number of rotatable bonds is 11. The molecule has 0 bridgehead atoms. The number of carbonyl (C=O) groups excluding carboxylic acids is 3. The lowest BCUT2D eigenvalue weighted by molar-refractivity contribution is -0.166. The second-order valence-corrected chi connectivity index (χ2v) is 24.1. The van der Waals surface area contributed by atoms with Gasteiger partial charge in [-0.1, -0.05) is 41.5 Å². The molecule has 0 radical (unpaired) electrons. The number of esters is 3.